The normalized spacial score (nSPS) is 10.7. The van der Waals surface area contributed by atoms with E-state index in [-0.39, 0.29) is 11.5 Å². The number of anilines is 1. The summed E-state index contributed by atoms with van der Waals surface area (Å²) < 4.78 is 0. The molecule has 0 spiro atoms. The molecule has 27 heavy (non-hydrogen) atoms. The van der Waals surface area contributed by atoms with Gasteiger partial charge in [-0.2, -0.15) is 5.10 Å². The number of hydrogen-bond acceptors (Lipinski definition) is 5. The van der Waals surface area contributed by atoms with Crippen molar-refractivity contribution in [3.63, 3.8) is 0 Å². The quantitative estimate of drug-likeness (QED) is 0.430. The summed E-state index contributed by atoms with van der Waals surface area (Å²) >= 11 is 0. The third-order valence-electron chi connectivity index (χ3n) is 4.29. The predicted molar refractivity (Wildman–Crippen MR) is 104 cm³/mol. The van der Waals surface area contributed by atoms with Gasteiger partial charge in [0, 0.05) is 24.5 Å². The Morgan fingerprint density at radius 2 is 1.37 bits per heavy atom. The smallest absolute Gasteiger partial charge is 0.156 e. The van der Waals surface area contributed by atoms with Gasteiger partial charge in [-0.05, 0) is 59.7 Å². The van der Waals surface area contributed by atoms with Gasteiger partial charge in [0.1, 0.15) is 11.5 Å². The second-order valence-corrected chi connectivity index (χ2v) is 6.12. The average Bonchev–Trinajstić information content (AvgIpc) is 3.12. The van der Waals surface area contributed by atoms with Crippen molar-refractivity contribution in [2.24, 2.45) is 0 Å². The van der Waals surface area contributed by atoms with Crippen molar-refractivity contribution in [3.05, 3.63) is 78.6 Å². The standard InChI is InChI=1S/C21H18N4O2/c26-17-5-1-15(2-6-17)19-20(16-3-7-18(27)8-4-16)24-25-21(19)23-13-14-9-11-22-12-10-14/h1-12,26-27H,13H2,(H2,23,24,25). The number of aromatic hydroxyl groups is 2. The monoisotopic (exact) mass is 358 g/mol. The van der Waals surface area contributed by atoms with Crippen LogP contribution in [0.15, 0.2) is 73.1 Å². The molecule has 6 heteroatoms. The van der Waals surface area contributed by atoms with Crippen LogP contribution in [-0.4, -0.2) is 25.4 Å². The van der Waals surface area contributed by atoms with E-state index in [4.69, 9.17) is 0 Å². The minimum absolute atomic E-state index is 0.208. The molecule has 4 N–H and O–H groups in total. The fraction of sp³-hybridized carbons (Fsp3) is 0.0476. The molecule has 0 saturated heterocycles. The minimum Gasteiger partial charge on any atom is -0.508 e. The van der Waals surface area contributed by atoms with Gasteiger partial charge in [-0.25, -0.2) is 0 Å². The maximum absolute atomic E-state index is 9.62. The zero-order valence-corrected chi connectivity index (χ0v) is 14.4. The number of phenolic OH excluding ortho intramolecular Hbond substituents is 2. The zero-order chi connectivity index (χ0) is 18.6. The Balaban J connectivity index is 1.74. The van der Waals surface area contributed by atoms with Gasteiger partial charge in [0.25, 0.3) is 0 Å². The van der Waals surface area contributed by atoms with E-state index in [1.54, 1.807) is 36.7 Å². The maximum Gasteiger partial charge on any atom is 0.156 e. The van der Waals surface area contributed by atoms with Crippen LogP contribution in [0.1, 0.15) is 5.56 Å². The van der Waals surface area contributed by atoms with Crippen molar-refractivity contribution >= 4 is 5.82 Å². The van der Waals surface area contributed by atoms with E-state index >= 15 is 0 Å². The third-order valence-corrected chi connectivity index (χ3v) is 4.29. The minimum atomic E-state index is 0.208. The van der Waals surface area contributed by atoms with Crippen molar-refractivity contribution in [1.29, 1.82) is 0 Å². The summed E-state index contributed by atoms with van der Waals surface area (Å²) in [6, 6.07) is 17.8. The molecule has 0 aliphatic heterocycles. The summed E-state index contributed by atoms with van der Waals surface area (Å²) in [7, 11) is 0. The Kier molecular flexibility index (Phi) is 4.45. The van der Waals surface area contributed by atoms with Crippen LogP contribution in [0.5, 0.6) is 11.5 Å². The van der Waals surface area contributed by atoms with Crippen LogP contribution >= 0.6 is 0 Å². The van der Waals surface area contributed by atoms with E-state index < -0.39 is 0 Å². The van der Waals surface area contributed by atoms with Gasteiger partial charge in [-0.15, -0.1) is 0 Å². The van der Waals surface area contributed by atoms with Gasteiger partial charge in [0.05, 0.1) is 11.3 Å². The first kappa shape index (κ1) is 16.7. The Bertz CT molecular complexity index is 1030. The molecule has 0 saturated carbocycles. The Morgan fingerprint density at radius 1 is 0.778 bits per heavy atom. The lowest BCUT2D eigenvalue weighted by atomic mass is 10.0. The van der Waals surface area contributed by atoms with Gasteiger partial charge >= 0.3 is 0 Å². The van der Waals surface area contributed by atoms with E-state index in [1.165, 1.54) is 0 Å². The molecule has 2 heterocycles. The maximum atomic E-state index is 9.62. The lowest BCUT2D eigenvalue weighted by Gasteiger charge is -2.09. The van der Waals surface area contributed by atoms with Crippen LogP contribution < -0.4 is 5.32 Å². The predicted octanol–water partition coefficient (Wildman–Crippen LogP) is 4.16. The van der Waals surface area contributed by atoms with Gasteiger partial charge in [0.2, 0.25) is 0 Å². The van der Waals surface area contributed by atoms with Crippen molar-refractivity contribution in [2.75, 3.05) is 5.32 Å². The molecule has 0 radical (unpaired) electrons. The Labute approximate surface area is 156 Å². The third kappa shape index (κ3) is 3.59. The highest BCUT2D eigenvalue weighted by atomic mass is 16.3. The highest BCUT2D eigenvalue weighted by Gasteiger charge is 2.17. The average molecular weight is 358 g/mol. The topological polar surface area (TPSA) is 94.1 Å². The molecule has 2 aromatic carbocycles. The van der Waals surface area contributed by atoms with E-state index in [1.807, 2.05) is 36.4 Å². The van der Waals surface area contributed by atoms with E-state index in [0.717, 1.165) is 27.9 Å². The molecule has 0 fully saturated rings. The van der Waals surface area contributed by atoms with Gasteiger partial charge in [-0.1, -0.05) is 12.1 Å². The molecule has 0 unspecified atom stereocenters. The second kappa shape index (κ2) is 7.21. The summed E-state index contributed by atoms with van der Waals surface area (Å²) in [4.78, 5) is 4.03. The first-order valence-corrected chi connectivity index (χ1v) is 8.50. The molecular formula is C21H18N4O2. The van der Waals surface area contributed by atoms with Crippen LogP contribution in [0.2, 0.25) is 0 Å². The fourth-order valence-electron chi connectivity index (χ4n) is 2.90. The molecule has 6 nitrogen and oxygen atoms in total. The molecule has 0 amide bonds. The molecule has 4 rings (SSSR count). The van der Waals surface area contributed by atoms with Crippen molar-refractivity contribution in [2.45, 2.75) is 6.54 Å². The lowest BCUT2D eigenvalue weighted by Crippen LogP contribution is -2.01. The van der Waals surface area contributed by atoms with E-state index in [2.05, 4.69) is 20.5 Å². The SMILES string of the molecule is Oc1ccc(-c2[nH]nc(NCc3ccncc3)c2-c2ccc(O)cc2)cc1. The lowest BCUT2D eigenvalue weighted by molar-refractivity contribution is 0.475. The van der Waals surface area contributed by atoms with Gasteiger partial charge < -0.3 is 15.5 Å². The summed E-state index contributed by atoms with van der Waals surface area (Å²) in [5, 5.41) is 30.1. The summed E-state index contributed by atoms with van der Waals surface area (Å²) in [5.74, 6) is 1.13. The number of rotatable bonds is 5. The number of benzene rings is 2. The largest absolute Gasteiger partial charge is 0.508 e. The van der Waals surface area contributed by atoms with Crippen LogP contribution in [0.25, 0.3) is 22.4 Å². The molecule has 4 aromatic rings. The van der Waals surface area contributed by atoms with Gasteiger partial charge in [0.15, 0.2) is 5.82 Å². The van der Waals surface area contributed by atoms with Crippen molar-refractivity contribution < 1.29 is 10.2 Å². The molecule has 0 bridgehead atoms. The van der Waals surface area contributed by atoms with Crippen molar-refractivity contribution in [1.82, 2.24) is 15.2 Å². The number of phenols is 2. The number of aromatic amines is 1. The first-order valence-electron chi connectivity index (χ1n) is 8.50. The van der Waals surface area contributed by atoms with E-state index in [0.29, 0.717) is 12.4 Å². The highest BCUT2D eigenvalue weighted by molar-refractivity contribution is 5.88. The number of pyridine rings is 1. The highest BCUT2D eigenvalue weighted by Crippen LogP contribution is 2.37. The fourth-order valence-corrected chi connectivity index (χ4v) is 2.90. The molecule has 2 aromatic heterocycles. The second-order valence-electron chi connectivity index (χ2n) is 6.12. The summed E-state index contributed by atoms with van der Waals surface area (Å²) in [6.07, 6.45) is 3.51. The summed E-state index contributed by atoms with van der Waals surface area (Å²) in [6.45, 7) is 0.605. The van der Waals surface area contributed by atoms with Crippen LogP contribution in [0, 0.1) is 0 Å². The molecular weight excluding hydrogens is 340 g/mol. The first-order chi connectivity index (χ1) is 13.2. The van der Waals surface area contributed by atoms with Crippen molar-refractivity contribution in [3.8, 4) is 33.9 Å². The summed E-state index contributed by atoms with van der Waals surface area (Å²) in [5.41, 5.74) is 4.64. The zero-order valence-electron chi connectivity index (χ0n) is 14.4. The molecule has 0 aliphatic carbocycles. The number of nitrogens with zero attached hydrogens (tertiary/aromatic N) is 2. The van der Waals surface area contributed by atoms with Gasteiger partial charge in [-0.3, -0.25) is 10.1 Å². The Hall–Kier alpha value is -3.80. The molecule has 0 atom stereocenters. The molecule has 0 aliphatic rings. The van der Waals surface area contributed by atoms with Crippen LogP contribution in [0.4, 0.5) is 5.82 Å². The van der Waals surface area contributed by atoms with Crippen LogP contribution in [0.3, 0.4) is 0 Å². The van der Waals surface area contributed by atoms with E-state index in [9.17, 15) is 10.2 Å². The Morgan fingerprint density at radius 3 is 2.00 bits per heavy atom. The molecule has 134 valence electrons. The number of aromatic nitrogens is 3. The number of hydrogen-bond donors (Lipinski definition) is 4. The number of H-pyrrole nitrogens is 1. The number of nitrogens with one attached hydrogen (secondary N) is 2. The van der Waals surface area contributed by atoms with Crippen LogP contribution in [-0.2, 0) is 6.54 Å².